The Hall–Kier alpha value is -1.89. The molecule has 128 valence electrons. The van der Waals surface area contributed by atoms with Gasteiger partial charge in [-0.15, -0.1) is 12.4 Å². The Morgan fingerprint density at radius 2 is 2.00 bits per heavy atom. The van der Waals surface area contributed by atoms with Crippen molar-refractivity contribution in [3.8, 4) is 17.1 Å². The van der Waals surface area contributed by atoms with Crippen molar-refractivity contribution in [2.75, 3.05) is 7.05 Å². The van der Waals surface area contributed by atoms with Gasteiger partial charge in [0.2, 0.25) is 0 Å². The third-order valence-corrected chi connectivity index (χ3v) is 3.92. The van der Waals surface area contributed by atoms with Gasteiger partial charge in [-0.25, -0.2) is 4.68 Å². The number of hydrogen-bond donors (Lipinski definition) is 1. The summed E-state index contributed by atoms with van der Waals surface area (Å²) in [6.45, 7) is 3.99. The van der Waals surface area contributed by atoms with Gasteiger partial charge in [0, 0.05) is 23.7 Å². The summed E-state index contributed by atoms with van der Waals surface area (Å²) in [4.78, 5) is 4.46. The second-order valence-electron chi connectivity index (χ2n) is 5.46. The van der Waals surface area contributed by atoms with Crippen LogP contribution in [0.25, 0.3) is 17.1 Å². The van der Waals surface area contributed by atoms with E-state index in [0.717, 1.165) is 16.9 Å². The third kappa shape index (κ3) is 3.95. The van der Waals surface area contributed by atoms with Crippen molar-refractivity contribution in [3.63, 3.8) is 0 Å². The molecule has 0 aliphatic carbocycles. The van der Waals surface area contributed by atoms with Crippen LogP contribution in [0.3, 0.4) is 0 Å². The number of benzene rings is 1. The molecule has 0 saturated carbocycles. The second-order valence-corrected chi connectivity index (χ2v) is 5.90. The van der Waals surface area contributed by atoms with E-state index in [1.807, 2.05) is 44.4 Å². The van der Waals surface area contributed by atoms with E-state index in [2.05, 4.69) is 27.5 Å². The van der Waals surface area contributed by atoms with E-state index in [-0.39, 0.29) is 12.4 Å². The normalized spacial score (nSPS) is 12.0. The predicted molar refractivity (Wildman–Crippen MR) is 96.1 cm³/mol. The van der Waals surface area contributed by atoms with Gasteiger partial charge in [0.05, 0.1) is 16.9 Å². The number of halogens is 2. The second kappa shape index (κ2) is 7.79. The molecule has 0 saturated heterocycles. The summed E-state index contributed by atoms with van der Waals surface area (Å²) in [5.74, 6) is 1.17. The summed E-state index contributed by atoms with van der Waals surface area (Å²) in [5, 5.41) is 12.4. The molecular formula is C16H19Cl2N5O. The molecule has 0 aliphatic rings. The topological polar surface area (TPSA) is 68.8 Å². The van der Waals surface area contributed by atoms with Crippen LogP contribution in [0.2, 0.25) is 5.02 Å². The van der Waals surface area contributed by atoms with Crippen LogP contribution < -0.4 is 5.32 Å². The maximum absolute atomic E-state index is 5.92. The van der Waals surface area contributed by atoms with Gasteiger partial charge in [0.25, 0.3) is 5.89 Å². The Morgan fingerprint density at radius 3 is 2.67 bits per heavy atom. The molecule has 1 aromatic carbocycles. The zero-order valence-electron chi connectivity index (χ0n) is 13.7. The highest BCUT2D eigenvalue weighted by Gasteiger charge is 2.16. The van der Waals surface area contributed by atoms with Crippen molar-refractivity contribution in [2.24, 2.45) is 0 Å². The summed E-state index contributed by atoms with van der Waals surface area (Å²) >= 11 is 5.92. The van der Waals surface area contributed by atoms with Gasteiger partial charge in [0.1, 0.15) is 0 Å². The van der Waals surface area contributed by atoms with E-state index >= 15 is 0 Å². The van der Waals surface area contributed by atoms with Crippen molar-refractivity contribution in [1.29, 1.82) is 0 Å². The van der Waals surface area contributed by atoms with E-state index in [9.17, 15) is 0 Å². The zero-order valence-corrected chi connectivity index (χ0v) is 15.2. The number of nitrogens with one attached hydrogen (secondary N) is 1. The number of likely N-dealkylation sites (N-methyl/N-ethyl adjacent to an activating group) is 1. The lowest BCUT2D eigenvalue weighted by atomic mass is 10.2. The highest BCUT2D eigenvalue weighted by atomic mass is 35.5. The molecule has 0 spiro atoms. The van der Waals surface area contributed by atoms with E-state index in [4.69, 9.17) is 16.1 Å². The monoisotopic (exact) mass is 367 g/mol. The van der Waals surface area contributed by atoms with Crippen molar-refractivity contribution in [3.05, 3.63) is 47.0 Å². The van der Waals surface area contributed by atoms with Gasteiger partial charge in [-0.2, -0.15) is 10.1 Å². The average molecular weight is 368 g/mol. The molecule has 0 bridgehead atoms. The first-order chi connectivity index (χ1) is 11.1. The quantitative estimate of drug-likeness (QED) is 0.747. The minimum atomic E-state index is 0. The summed E-state index contributed by atoms with van der Waals surface area (Å²) in [7, 11) is 1.91. The molecule has 3 aromatic rings. The van der Waals surface area contributed by atoms with Crippen molar-refractivity contribution in [2.45, 2.75) is 26.3 Å². The Labute approximate surface area is 151 Å². The lowest BCUT2D eigenvalue weighted by Crippen LogP contribution is -2.24. The SMILES string of the molecule is CNC(C)Cc1noc(-c2cn(-c3ccc(Cl)cc3)nc2C)n1.Cl. The number of aromatic nitrogens is 4. The van der Waals surface area contributed by atoms with E-state index in [1.165, 1.54) is 0 Å². The Bertz CT molecular complexity index is 797. The maximum Gasteiger partial charge on any atom is 0.261 e. The molecule has 8 heteroatoms. The van der Waals surface area contributed by atoms with Crippen LogP contribution in [0, 0.1) is 6.92 Å². The van der Waals surface area contributed by atoms with Crippen molar-refractivity contribution < 1.29 is 4.52 Å². The Morgan fingerprint density at radius 1 is 1.29 bits per heavy atom. The van der Waals surface area contributed by atoms with Crippen LogP contribution in [0.15, 0.2) is 35.0 Å². The minimum Gasteiger partial charge on any atom is -0.334 e. The van der Waals surface area contributed by atoms with Crippen LogP contribution in [0.1, 0.15) is 18.4 Å². The van der Waals surface area contributed by atoms with Crippen LogP contribution in [-0.2, 0) is 6.42 Å². The minimum absolute atomic E-state index is 0. The number of hydrogen-bond acceptors (Lipinski definition) is 5. The van der Waals surface area contributed by atoms with Gasteiger partial charge < -0.3 is 9.84 Å². The molecule has 1 atom stereocenters. The number of rotatable bonds is 5. The molecule has 2 heterocycles. The third-order valence-electron chi connectivity index (χ3n) is 3.67. The Balaban J connectivity index is 0.00000208. The van der Waals surface area contributed by atoms with E-state index in [1.54, 1.807) is 4.68 Å². The molecule has 3 rings (SSSR count). The molecule has 0 radical (unpaired) electrons. The summed E-state index contributed by atoms with van der Waals surface area (Å²) in [5.41, 5.74) is 2.58. The smallest absolute Gasteiger partial charge is 0.261 e. The molecule has 0 amide bonds. The van der Waals surface area contributed by atoms with Gasteiger partial charge in [-0.1, -0.05) is 16.8 Å². The standard InChI is InChI=1S/C16H18ClN5O.ClH/c1-10(18-3)8-15-19-16(23-21-15)14-9-22(20-11(14)2)13-6-4-12(17)5-7-13;/h4-7,9-10,18H,8H2,1-3H3;1H. The number of nitrogens with zero attached hydrogens (tertiary/aromatic N) is 4. The van der Waals surface area contributed by atoms with Gasteiger partial charge in [0.15, 0.2) is 5.82 Å². The van der Waals surface area contributed by atoms with Crippen LogP contribution >= 0.6 is 24.0 Å². The largest absolute Gasteiger partial charge is 0.334 e. The lowest BCUT2D eigenvalue weighted by Gasteiger charge is -2.04. The van der Waals surface area contributed by atoms with Gasteiger partial charge >= 0.3 is 0 Å². The first-order valence-corrected chi connectivity index (χ1v) is 7.77. The summed E-state index contributed by atoms with van der Waals surface area (Å²) in [6, 6.07) is 7.77. The molecular weight excluding hydrogens is 349 g/mol. The van der Waals surface area contributed by atoms with Crippen LogP contribution in [0.4, 0.5) is 0 Å². The fraction of sp³-hybridized carbons (Fsp3) is 0.312. The molecule has 1 N–H and O–H groups in total. The molecule has 0 aliphatic heterocycles. The van der Waals surface area contributed by atoms with Crippen molar-refractivity contribution in [1.82, 2.24) is 25.2 Å². The van der Waals surface area contributed by atoms with Crippen LogP contribution in [-0.4, -0.2) is 33.0 Å². The fourth-order valence-electron chi connectivity index (χ4n) is 2.22. The first kappa shape index (κ1) is 18.4. The van der Waals surface area contributed by atoms with Gasteiger partial charge in [-0.05, 0) is 45.2 Å². The summed E-state index contributed by atoms with van der Waals surface area (Å²) < 4.78 is 7.16. The average Bonchev–Trinajstić information content (AvgIpc) is 3.14. The molecule has 0 fully saturated rings. The Kier molecular flexibility index (Phi) is 5.99. The van der Waals surface area contributed by atoms with Crippen LogP contribution in [0.5, 0.6) is 0 Å². The number of aryl methyl sites for hydroxylation is 1. The first-order valence-electron chi connectivity index (χ1n) is 7.39. The zero-order chi connectivity index (χ0) is 16.4. The lowest BCUT2D eigenvalue weighted by molar-refractivity contribution is 0.418. The van der Waals surface area contributed by atoms with Gasteiger partial charge in [-0.3, -0.25) is 0 Å². The van der Waals surface area contributed by atoms with E-state index < -0.39 is 0 Å². The molecule has 2 aromatic heterocycles. The molecule has 24 heavy (non-hydrogen) atoms. The fourth-order valence-corrected chi connectivity index (χ4v) is 2.34. The highest BCUT2D eigenvalue weighted by molar-refractivity contribution is 6.30. The molecule has 1 unspecified atom stereocenters. The summed E-state index contributed by atoms with van der Waals surface area (Å²) in [6.07, 6.45) is 2.60. The maximum atomic E-state index is 5.92. The van der Waals surface area contributed by atoms with E-state index in [0.29, 0.717) is 29.2 Å². The molecule has 6 nitrogen and oxygen atoms in total. The van der Waals surface area contributed by atoms with Crippen molar-refractivity contribution >= 4 is 24.0 Å². The predicted octanol–water partition coefficient (Wildman–Crippen LogP) is 3.46. The highest BCUT2D eigenvalue weighted by Crippen LogP contribution is 2.23.